The molecule has 0 spiro atoms. The Hall–Kier alpha value is -4.81. The molecule has 1 aromatic heterocycles. The lowest BCUT2D eigenvalue weighted by Gasteiger charge is -2.20. The zero-order valence-electron chi connectivity index (χ0n) is 25.9. The summed E-state index contributed by atoms with van der Waals surface area (Å²) in [5.74, 6) is -0.110. The summed E-state index contributed by atoms with van der Waals surface area (Å²) in [4.78, 5) is 13.7. The number of aromatic nitrogens is 2. The van der Waals surface area contributed by atoms with E-state index in [4.69, 9.17) is 4.74 Å². The molecule has 3 aromatic carbocycles. The Bertz CT molecular complexity index is 1910. The molecular weight excluding hydrogens is 590 g/mol. The summed E-state index contributed by atoms with van der Waals surface area (Å²) in [6.45, 7) is 6.19. The van der Waals surface area contributed by atoms with E-state index < -0.39 is 10.0 Å². The topological polar surface area (TPSA) is 130 Å². The molecule has 11 nitrogen and oxygen atoms in total. The number of carbonyl (C=O) groups is 1. The van der Waals surface area contributed by atoms with Crippen molar-refractivity contribution in [1.29, 1.82) is 0 Å². The van der Waals surface area contributed by atoms with Crippen molar-refractivity contribution >= 4 is 38.7 Å². The highest BCUT2D eigenvalue weighted by Gasteiger charge is 2.40. The number of rotatable bonds is 10. The smallest absolute Gasteiger partial charge is 0.255 e. The quantitative estimate of drug-likeness (QED) is 0.188. The van der Waals surface area contributed by atoms with Gasteiger partial charge in [-0.15, -0.1) is 5.53 Å². The molecule has 4 aromatic rings. The predicted octanol–water partition coefficient (Wildman–Crippen LogP) is 5.25. The number of nitrogens with one attached hydrogen (secondary N) is 4. The molecule has 0 radical (unpaired) electrons. The molecular formula is C33H37N7O4S. The molecule has 12 heteroatoms. The molecule has 0 saturated heterocycles. The Kier molecular flexibility index (Phi) is 7.79. The molecule has 1 aliphatic carbocycles. The zero-order chi connectivity index (χ0) is 31.9. The number of anilines is 3. The van der Waals surface area contributed by atoms with E-state index in [0.29, 0.717) is 11.3 Å². The average molecular weight is 628 g/mol. The summed E-state index contributed by atoms with van der Waals surface area (Å²) in [6, 6.07) is 19.1. The third kappa shape index (κ3) is 6.11. The Morgan fingerprint density at radius 1 is 1.09 bits per heavy atom. The number of benzene rings is 3. The number of carbonyl (C=O) groups excluding carboxylic acids is 1. The lowest BCUT2D eigenvalue weighted by atomic mass is 9.96. The molecule has 45 heavy (non-hydrogen) atoms. The van der Waals surface area contributed by atoms with Crippen molar-refractivity contribution in [3.05, 3.63) is 101 Å². The van der Waals surface area contributed by atoms with Gasteiger partial charge in [-0.1, -0.05) is 38.1 Å². The maximum Gasteiger partial charge on any atom is 0.255 e. The number of sulfonamides is 1. The minimum Gasteiger partial charge on any atom is -0.492 e. The number of hydrogen-bond donors (Lipinski definition) is 4. The third-order valence-corrected chi connectivity index (χ3v) is 8.92. The van der Waals surface area contributed by atoms with Gasteiger partial charge in [0.15, 0.2) is 5.75 Å². The van der Waals surface area contributed by atoms with Gasteiger partial charge in [-0.05, 0) is 79.1 Å². The molecule has 4 N–H and O–H groups in total. The van der Waals surface area contributed by atoms with Crippen LogP contribution in [0.4, 0.5) is 17.1 Å². The second kappa shape index (κ2) is 11.6. The number of ether oxygens (including phenoxy) is 1. The first-order valence-corrected chi connectivity index (χ1v) is 16.7. The minimum atomic E-state index is -3.58. The Morgan fingerprint density at radius 2 is 1.82 bits per heavy atom. The van der Waals surface area contributed by atoms with Crippen molar-refractivity contribution in [3.8, 4) is 11.4 Å². The zero-order valence-corrected chi connectivity index (χ0v) is 26.7. The molecule has 6 rings (SSSR count). The fourth-order valence-electron chi connectivity index (χ4n) is 5.56. The molecule has 2 aliphatic rings. The molecule has 0 bridgehead atoms. The van der Waals surface area contributed by atoms with Crippen LogP contribution in [-0.4, -0.2) is 37.5 Å². The van der Waals surface area contributed by atoms with Crippen LogP contribution in [0.15, 0.2) is 73.1 Å². The number of amides is 1. The van der Waals surface area contributed by atoms with E-state index in [0.717, 1.165) is 65.0 Å². The van der Waals surface area contributed by atoms with E-state index in [9.17, 15) is 13.2 Å². The van der Waals surface area contributed by atoms with Crippen LogP contribution in [0, 0.1) is 6.92 Å². The first-order valence-electron chi connectivity index (χ1n) is 14.8. The third-order valence-electron chi connectivity index (χ3n) is 8.33. The number of aryl methyl sites for hydroxylation is 1. The van der Waals surface area contributed by atoms with Crippen LogP contribution in [0.3, 0.4) is 0 Å². The van der Waals surface area contributed by atoms with Crippen molar-refractivity contribution < 1.29 is 17.9 Å². The van der Waals surface area contributed by atoms with E-state index in [1.165, 1.54) is 7.11 Å². The van der Waals surface area contributed by atoms with Crippen LogP contribution < -0.4 is 30.7 Å². The summed E-state index contributed by atoms with van der Waals surface area (Å²) in [5, 5.41) is 9.45. The van der Waals surface area contributed by atoms with Gasteiger partial charge in [-0.2, -0.15) is 5.10 Å². The molecule has 234 valence electrons. The van der Waals surface area contributed by atoms with Crippen molar-refractivity contribution in [2.75, 3.05) is 28.4 Å². The first kappa shape index (κ1) is 30.2. The van der Waals surface area contributed by atoms with Gasteiger partial charge in [0.1, 0.15) is 0 Å². The summed E-state index contributed by atoms with van der Waals surface area (Å²) >= 11 is 0. The number of hydrazine groups is 2. The maximum atomic E-state index is 13.7. The number of hydrogen-bond acceptors (Lipinski definition) is 8. The highest BCUT2D eigenvalue weighted by molar-refractivity contribution is 7.92. The molecule has 1 fully saturated rings. The first-order chi connectivity index (χ1) is 21.5. The number of para-hydroxylation sites is 1. The van der Waals surface area contributed by atoms with Crippen molar-refractivity contribution in [2.45, 2.75) is 45.4 Å². The number of nitrogens with zero attached hydrogens (tertiary/aromatic N) is 3. The van der Waals surface area contributed by atoms with Crippen molar-refractivity contribution in [2.24, 2.45) is 0 Å². The standard InChI is InChI=1S/C33H37N7O4S/c1-6-29-25(19-34-40(29)24-10-8-7-9-11-24)28-20-39(38-36-28)30-16-22(13-12-21(30)2)32(41)35-26-17-23(33(3)14-15-33)18-27(31(26)44-4)37-45(5,42)43/h7-13,16-20,36-38H,6,14-15H2,1-5H3,(H,35,41). The number of methoxy groups -OCH3 is 1. The lowest BCUT2D eigenvalue weighted by Crippen LogP contribution is -2.36. The average Bonchev–Trinajstić information content (AvgIpc) is 3.38. The van der Waals surface area contributed by atoms with Gasteiger partial charge in [-0.25, -0.2) is 13.1 Å². The highest BCUT2D eigenvalue weighted by atomic mass is 32.2. The van der Waals surface area contributed by atoms with Gasteiger partial charge in [0.25, 0.3) is 5.91 Å². The highest BCUT2D eigenvalue weighted by Crippen LogP contribution is 2.51. The summed E-state index contributed by atoms with van der Waals surface area (Å²) in [5.41, 5.74) is 14.0. The largest absolute Gasteiger partial charge is 0.492 e. The van der Waals surface area contributed by atoms with Gasteiger partial charge in [0, 0.05) is 17.3 Å². The summed E-state index contributed by atoms with van der Waals surface area (Å²) in [6.07, 6.45) is 7.62. The van der Waals surface area contributed by atoms with Crippen molar-refractivity contribution in [1.82, 2.24) is 20.7 Å². The molecule has 1 aliphatic heterocycles. The van der Waals surface area contributed by atoms with E-state index in [1.54, 1.807) is 18.2 Å². The summed E-state index contributed by atoms with van der Waals surface area (Å²) < 4.78 is 34.3. The van der Waals surface area contributed by atoms with Crippen LogP contribution in [0.5, 0.6) is 5.75 Å². The van der Waals surface area contributed by atoms with E-state index in [1.807, 2.05) is 71.5 Å². The normalized spacial score (nSPS) is 15.3. The van der Waals surface area contributed by atoms with Gasteiger partial charge in [0.05, 0.1) is 53.7 Å². The van der Waals surface area contributed by atoms with Gasteiger partial charge < -0.3 is 15.5 Å². The van der Waals surface area contributed by atoms with E-state index in [2.05, 4.69) is 39.9 Å². The van der Waals surface area contributed by atoms with Crippen LogP contribution in [0.25, 0.3) is 11.4 Å². The molecule has 2 heterocycles. The van der Waals surface area contributed by atoms with E-state index >= 15 is 0 Å². The van der Waals surface area contributed by atoms with Crippen LogP contribution in [-0.2, 0) is 21.9 Å². The summed E-state index contributed by atoms with van der Waals surface area (Å²) in [7, 11) is -2.13. The van der Waals surface area contributed by atoms with Crippen molar-refractivity contribution in [3.63, 3.8) is 0 Å². The second-order valence-corrected chi connectivity index (χ2v) is 13.5. The van der Waals surface area contributed by atoms with Crippen LogP contribution in [0.2, 0.25) is 0 Å². The Balaban J connectivity index is 1.29. The second-order valence-electron chi connectivity index (χ2n) is 11.8. The fourth-order valence-corrected chi connectivity index (χ4v) is 6.11. The predicted molar refractivity (Wildman–Crippen MR) is 177 cm³/mol. The maximum absolute atomic E-state index is 13.7. The minimum absolute atomic E-state index is 0.0790. The van der Waals surface area contributed by atoms with Gasteiger partial charge in [0.2, 0.25) is 10.0 Å². The molecule has 0 atom stereocenters. The monoisotopic (exact) mass is 627 g/mol. The molecule has 1 saturated carbocycles. The van der Waals surface area contributed by atoms with Crippen LogP contribution in [0.1, 0.15) is 59.4 Å². The molecule has 0 unspecified atom stereocenters. The van der Waals surface area contributed by atoms with E-state index in [-0.39, 0.29) is 22.8 Å². The Morgan fingerprint density at radius 3 is 2.49 bits per heavy atom. The molecule has 1 amide bonds. The SMILES string of the molecule is CCc1c(C2=CN(c3cc(C(=O)Nc4cc(C5(C)CC5)cc(NS(C)(=O)=O)c4OC)ccc3C)NN2)cnn1-c1ccccc1. The Labute approximate surface area is 263 Å². The fraction of sp³-hybridized carbons (Fsp3) is 0.273. The van der Waals surface area contributed by atoms with Gasteiger partial charge >= 0.3 is 0 Å². The van der Waals surface area contributed by atoms with Gasteiger partial charge in [-0.3, -0.25) is 14.5 Å². The lowest BCUT2D eigenvalue weighted by molar-refractivity contribution is 0.102. The van der Waals surface area contributed by atoms with Crippen LogP contribution >= 0.6 is 0 Å².